The number of carbonyl (C=O) groups is 2. The van der Waals surface area contributed by atoms with Gasteiger partial charge in [0.1, 0.15) is 9.47 Å². The first-order valence-corrected chi connectivity index (χ1v) is 9.76. The molecule has 1 amide bonds. The Labute approximate surface area is 170 Å². The maximum atomic E-state index is 12.6. The summed E-state index contributed by atoms with van der Waals surface area (Å²) in [5, 5.41) is 13.6. The molecule has 0 aliphatic carbocycles. The number of carboxylic acids is 1. The minimum atomic E-state index is -0.897. The van der Waals surface area contributed by atoms with Gasteiger partial charge in [-0.25, -0.2) is 4.68 Å². The lowest BCUT2D eigenvalue weighted by atomic mass is 10.2. The molecule has 140 valence electrons. The lowest BCUT2D eigenvalue weighted by Gasteiger charge is -2.13. The van der Waals surface area contributed by atoms with E-state index in [-0.39, 0.29) is 18.9 Å². The van der Waals surface area contributed by atoms with Crippen molar-refractivity contribution in [2.45, 2.75) is 19.8 Å². The Bertz CT molecular complexity index is 941. The molecule has 1 aromatic carbocycles. The maximum Gasteiger partial charge on any atom is 0.303 e. The van der Waals surface area contributed by atoms with Crippen molar-refractivity contribution in [3.05, 3.63) is 51.6 Å². The van der Waals surface area contributed by atoms with Crippen LogP contribution in [-0.4, -0.2) is 42.5 Å². The van der Waals surface area contributed by atoms with Crippen molar-refractivity contribution in [1.29, 1.82) is 0 Å². The highest BCUT2D eigenvalue weighted by Gasteiger charge is 2.32. The largest absolute Gasteiger partial charge is 0.481 e. The van der Waals surface area contributed by atoms with Gasteiger partial charge in [-0.3, -0.25) is 14.5 Å². The fourth-order valence-corrected chi connectivity index (χ4v) is 4.24. The quantitative estimate of drug-likeness (QED) is 0.563. The van der Waals surface area contributed by atoms with Crippen LogP contribution in [0.4, 0.5) is 0 Å². The zero-order valence-corrected chi connectivity index (χ0v) is 16.8. The van der Waals surface area contributed by atoms with Crippen molar-refractivity contribution >= 4 is 57.9 Å². The van der Waals surface area contributed by atoms with E-state index in [1.54, 1.807) is 10.8 Å². The first-order chi connectivity index (χ1) is 12.9. The number of hydrogen-bond donors (Lipinski definition) is 1. The highest BCUT2D eigenvalue weighted by Crippen LogP contribution is 2.35. The molecule has 2 heterocycles. The van der Waals surface area contributed by atoms with Gasteiger partial charge in [-0.05, 0) is 31.6 Å². The molecule has 6 nitrogen and oxygen atoms in total. The third kappa shape index (κ3) is 4.23. The second kappa shape index (κ2) is 8.24. The van der Waals surface area contributed by atoms with Crippen LogP contribution in [0.1, 0.15) is 24.1 Å². The van der Waals surface area contributed by atoms with Crippen LogP contribution in [0.5, 0.6) is 0 Å². The summed E-state index contributed by atoms with van der Waals surface area (Å²) < 4.78 is 2.04. The van der Waals surface area contributed by atoms with Crippen molar-refractivity contribution in [3.63, 3.8) is 0 Å². The van der Waals surface area contributed by atoms with Gasteiger partial charge in [0.05, 0.1) is 16.3 Å². The summed E-state index contributed by atoms with van der Waals surface area (Å²) in [5.41, 5.74) is 2.18. The average molecular weight is 422 g/mol. The molecule has 9 heteroatoms. The van der Waals surface area contributed by atoms with Crippen molar-refractivity contribution in [2.75, 3.05) is 6.54 Å². The van der Waals surface area contributed by atoms with E-state index in [0.29, 0.717) is 32.1 Å². The molecule has 0 unspecified atom stereocenters. The summed E-state index contributed by atoms with van der Waals surface area (Å²) in [6, 6.07) is 9.48. The van der Waals surface area contributed by atoms with E-state index in [4.69, 9.17) is 28.9 Å². The number of halogens is 1. The van der Waals surface area contributed by atoms with Gasteiger partial charge in [0.25, 0.3) is 5.91 Å². The fraction of sp³-hybridized carbons (Fsp3) is 0.222. The maximum absolute atomic E-state index is 12.6. The van der Waals surface area contributed by atoms with Gasteiger partial charge in [-0.1, -0.05) is 53.8 Å². The van der Waals surface area contributed by atoms with Gasteiger partial charge < -0.3 is 5.11 Å². The van der Waals surface area contributed by atoms with E-state index in [2.05, 4.69) is 5.10 Å². The lowest BCUT2D eigenvalue weighted by molar-refractivity contribution is -0.137. The van der Waals surface area contributed by atoms with Crippen LogP contribution in [0.25, 0.3) is 11.8 Å². The molecule has 0 saturated carbocycles. The van der Waals surface area contributed by atoms with Gasteiger partial charge in [-0.15, -0.1) is 0 Å². The number of thioether (sulfide) groups is 1. The molecule has 0 spiro atoms. The zero-order valence-electron chi connectivity index (χ0n) is 14.4. The molecule has 3 rings (SSSR count). The number of benzene rings is 1. The number of thiocarbonyl (C=S) groups is 1. The minimum absolute atomic E-state index is 0.00904. The molecule has 2 aromatic rings. The van der Waals surface area contributed by atoms with Gasteiger partial charge in [0.2, 0.25) is 0 Å². The highest BCUT2D eigenvalue weighted by atomic mass is 35.5. The first-order valence-electron chi connectivity index (χ1n) is 8.16. The van der Waals surface area contributed by atoms with Gasteiger partial charge in [0, 0.05) is 18.5 Å². The number of nitrogens with zero attached hydrogens (tertiary/aromatic N) is 3. The van der Waals surface area contributed by atoms with Crippen molar-refractivity contribution in [2.24, 2.45) is 0 Å². The number of aliphatic carboxylic acids is 1. The SMILES string of the molecule is Cc1nn(-c2ccccc2)c(Cl)c1/C=C1/SC(=S)N(CCCC(=O)O)C1=O. The Kier molecular flexibility index (Phi) is 5.98. The summed E-state index contributed by atoms with van der Waals surface area (Å²) in [4.78, 5) is 25.2. The summed E-state index contributed by atoms with van der Waals surface area (Å²) in [5.74, 6) is -1.13. The molecular weight excluding hydrogens is 406 g/mol. The van der Waals surface area contributed by atoms with E-state index in [9.17, 15) is 9.59 Å². The molecule has 0 bridgehead atoms. The molecule has 27 heavy (non-hydrogen) atoms. The standard InChI is InChI=1S/C18H16ClN3O3S2/c1-11-13(16(19)22(20-11)12-6-3-2-4-7-12)10-14-17(25)21(18(26)27-14)9-5-8-15(23)24/h2-4,6-7,10H,5,8-9H2,1H3,(H,23,24)/b14-10+. The molecule has 1 fully saturated rings. The van der Waals surface area contributed by atoms with Gasteiger partial charge in [0.15, 0.2) is 0 Å². The fourth-order valence-electron chi connectivity index (χ4n) is 2.63. The molecule has 0 atom stereocenters. The van der Waals surface area contributed by atoms with Crippen molar-refractivity contribution < 1.29 is 14.7 Å². The molecule has 1 aliphatic rings. The van der Waals surface area contributed by atoms with E-state index >= 15 is 0 Å². The molecule has 1 N–H and O–H groups in total. The molecular formula is C18H16ClN3O3S2. The van der Waals surface area contributed by atoms with Crippen molar-refractivity contribution in [3.8, 4) is 5.69 Å². The number of aryl methyl sites for hydroxylation is 1. The predicted octanol–water partition coefficient (Wildman–Crippen LogP) is 3.90. The summed E-state index contributed by atoms with van der Waals surface area (Å²) >= 11 is 13.0. The Morgan fingerprint density at radius 3 is 2.74 bits per heavy atom. The third-order valence-corrected chi connectivity index (χ3v) is 5.71. The normalized spacial score (nSPS) is 15.8. The van der Waals surface area contributed by atoms with Crippen LogP contribution in [0.2, 0.25) is 5.15 Å². The van der Waals surface area contributed by atoms with Crippen LogP contribution in [0, 0.1) is 6.92 Å². The van der Waals surface area contributed by atoms with E-state index in [1.165, 1.54) is 16.7 Å². The molecule has 1 aromatic heterocycles. The minimum Gasteiger partial charge on any atom is -0.481 e. The molecule has 0 radical (unpaired) electrons. The van der Waals surface area contributed by atoms with Crippen LogP contribution < -0.4 is 0 Å². The number of hydrogen-bond acceptors (Lipinski definition) is 5. The lowest BCUT2D eigenvalue weighted by Crippen LogP contribution is -2.29. The number of para-hydroxylation sites is 1. The number of carbonyl (C=O) groups excluding carboxylic acids is 1. The molecule has 1 saturated heterocycles. The smallest absolute Gasteiger partial charge is 0.303 e. The number of amides is 1. The zero-order chi connectivity index (χ0) is 19.6. The van der Waals surface area contributed by atoms with Crippen LogP contribution in [-0.2, 0) is 9.59 Å². The summed E-state index contributed by atoms with van der Waals surface area (Å²) in [6.07, 6.45) is 2.03. The summed E-state index contributed by atoms with van der Waals surface area (Å²) in [6.45, 7) is 2.11. The predicted molar refractivity (Wildman–Crippen MR) is 110 cm³/mol. The monoisotopic (exact) mass is 421 g/mol. The molecule has 1 aliphatic heterocycles. The van der Waals surface area contributed by atoms with Crippen LogP contribution in [0.15, 0.2) is 35.2 Å². The first kappa shape index (κ1) is 19.6. The third-order valence-electron chi connectivity index (χ3n) is 3.97. The van der Waals surface area contributed by atoms with Crippen molar-refractivity contribution in [1.82, 2.24) is 14.7 Å². The van der Waals surface area contributed by atoms with E-state index in [1.807, 2.05) is 37.3 Å². The topological polar surface area (TPSA) is 75.4 Å². The second-order valence-electron chi connectivity index (χ2n) is 5.87. The Balaban J connectivity index is 1.85. The number of aromatic nitrogens is 2. The average Bonchev–Trinajstić information content (AvgIpc) is 3.07. The Morgan fingerprint density at radius 2 is 2.07 bits per heavy atom. The van der Waals surface area contributed by atoms with E-state index in [0.717, 1.165) is 5.69 Å². The Morgan fingerprint density at radius 1 is 1.37 bits per heavy atom. The van der Waals surface area contributed by atoms with Gasteiger partial charge >= 0.3 is 5.97 Å². The van der Waals surface area contributed by atoms with E-state index < -0.39 is 5.97 Å². The van der Waals surface area contributed by atoms with Crippen LogP contribution >= 0.6 is 35.6 Å². The van der Waals surface area contributed by atoms with Gasteiger partial charge in [-0.2, -0.15) is 5.10 Å². The summed E-state index contributed by atoms with van der Waals surface area (Å²) in [7, 11) is 0. The number of carboxylic acid groups (broad SMARTS) is 1. The Hall–Kier alpha value is -2.16. The second-order valence-corrected chi connectivity index (χ2v) is 7.90. The van der Waals surface area contributed by atoms with Crippen LogP contribution in [0.3, 0.4) is 0 Å². The number of rotatable bonds is 6. The highest BCUT2D eigenvalue weighted by molar-refractivity contribution is 8.26.